The zero-order valence-corrected chi connectivity index (χ0v) is 14.5. The SMILES string of the molecule is COC(=O)c1nc(N)nc(C(=O)OC)c1C(=O)c1ccc(Cl)cc1Cl. The van der Waals surface area contributed by atoms with Crippen LogP contribution in [0.2, 0.25) is 10.0 Å². The Hall–Kier alpha value is -2.71. The normalized spacial score (nSPS) is 10.2. The van der Waals surface area contributed by atoms with Gasteiger partial charge in [0.1, 0.15) is 0 Å². The van der Waals surface area contributed by atoms with Crippen molar-refractivity contribution in [2.75, 3.05) is 20.0 Å². The zero-order valence-electron chi connectivity index (χ0n) is 13.0. The summed E-state index contributed by atoms with van der Waals surface area (Å²) >= 11 is 11.8. The number of aromatic nitrogens is 2. The standard InChI is InChI=1S/C15H11Cl2N3O5/c1-24-13(22)10-9(11(14(23)25-2)20-15(18)19-10)12(21)7-4-3-6(16)5-8(7)17/h3-5H,1-2H3,(H2,18,19,20). The molecule has 0 fully saturated rings. The third kappa shape index (κ3) is 3.70. The van der Waals surface area contributed by atoms with Crippen LogP contribution < -0.4 is 5.73 Å². The molecular weight excluding hydrogens is 373 g/mol. The number of carbonyl (C=O) groups is 3. The van der Waals surface area contributed by atoms with Gasteiger partial charge in [-0.25, -0.2) is 19.6 Å². The minimum atomic E-state index is -0.979. The number of esters is 2. The highest BCUT2D eigenvalue weighted by Crippen LogP contribution is 2.26. The molecule has 0 aliphatic carbocycles. The summed E-state index contributed by atoms with van der Waals surface area (Å²) in [6.45, 7) is 0. The molecule has 1 aromatic heterocycles. The van der Waals surface area contributed by atoms with Crippen LogP contribution in [0.1, 0.15) is 36.9 Å². The second kappa shape index (κ2) is 7.45. The summed E-state index contributed by atoms with van der Waals surface area (Å²) in [7, 11) is 2.17. The number of benzene rings is 1. The molecule has 0 saturated carbocycles. The van der Waals surface area contributed by atoms with Crippen molar-refractivity contribution in [3.8, 4) is 0 Å². The second-order valence-electron chi connectivity index (χ2n) is 4.59. The van der Waals surface area contributed by atoms with E-state index in [1.165, 1.54) is 18.2 Å². The van der Waals surface area contributed by atoms with E-state index >= 15 is 0 Å². The van der Waals surface area contributed by atoms with Gasteiger partial charge in [0.25, 0.3) is 0 Å². The molecule has 2 rings (SSSR count). The van der Waals surface area contributed by atoms with Crippen molar-refractivity contribution in [3.63, 3.8) is 0 Å². The lowest BCUT2D eigenvalue weighted by Gasteiger charge is -2.12. The molecule has 1 heterocycles. The fourth-order valence-electron chi connectivity index (χ4n) is 1.99. The van der Waals surface area contributed by atoms with Crippen molar-refractivity contribution in [1.29, 1.82) is 0 Å². The highest BCUT2D eigenvalue weighted by molar-refractivity contribution is 6.38. The molecule has 0 unspecified atom stereocenters. The van der Waals surface area contributed by atoms with Gasteiger partial charge in [-0.15, -0.1) is 0 Å². The molecule has 0 bridgehead atoms. The third-order valence-electron chi connectivity index (χ3n) is 3.09. The van der Waals surface area contributed by atoms with E-state index in [0.717, 1.165) is 14.2 Å². The molecule has 8 nitrogen and oxygen atoms in total. The van der Waals surface area contributed by atoms with Crippen LogP contribution in [-0.4, -0.2) is 41.9 Å². The summed E-state index contributed by atoms with van der Waals surface area (Å²) in [6.07, 6.45) is 0. The van der Waals surface area contributed by atoms with Gasteiger partial charge in [-0.2, -0.15) is 0 Å². The molecule has 0 aliphatic rings. The number of ether oxygens (including phenoxy) is 2. The van der Waals surface area contributed by atoms with Gasteiger partial charge < -0.3 is 15.2 Å². The first-order valence-corrected chi connectivity index (χ1v) is 7.39. The first-order valence-electron chi connectivity index (χ1n) is 6.64. The Morgan fingerprint density at radius 3 is 1.96 bits per heavy atom. The molecule has 0 aliphatic heterocycles. The number of nitrogens with zero attached hydrogens (tertiary/aromatic N) is 2. The maximum absolute atomic E-state index is 12.9. The first-order chi connectivity index (χ1) is 11.8. The van der Waals surface area contributed by atoms with E-state index in [-0.39, 0.29) is 10.6 Å². The Morgan fingerprint density at radius 1 is 1.00 bits per heavy atom. The third-order valence-corrected chi connectivity index (χ3v) is 3.63. The molecule has 0 saturated heterocycles. The van der Waals surface area contributed by atoms with Crippen LogP contribution in [0.3, 0.4) is 0 Å². The van der Waals surface area contributed by atoms with Gasteiger partial charge in [-0.1, -0.05) is 23.2 Å². The molecule has 0 spiro atoms. The molecule has 0 atom stereocenters. The van der Waals surface area contributed by atoms with E-state index in [9.17, 15) is 14.4 Å². The van der Waals surface area contributed by atoms with E-state index in [4.69, 9.17) is 28.9 Å². The van der Waals surface area contributed by atoms with Crippen LogP contribution in [0.15, 0.2) is 18.2 Å². The number of nitrogen functional groups attached to an aromatic ring is 1. The maximum Gasteiger partial charge on any atom is 0.357 e. The van der Waals surface area contributed by atoms with E-state index < -0.39 is 40.6 Å². The molecule has 0 radical (unpaired) electrons. The minimum Gasteiger partial charge on any atom is -0.464 e. The molecule has 10 heteroatoms. The number of rotatable bonds is 4. The molecule has 1 aromatic carbocycles. The number of anilines is 1. The lowest BCUT2D eigenvalue weighted by Crippen LogP contribution is -2.22. The number of halogens is 2. The van der Waals surface area contributed by atoms with Crippen molar-refractivity contribution < 1.29 is 23.9 Å². The van der Waals surface area contributed by atoms with Crippen LogP contribution in [0.25, 0.3) is 0 Å². The summed E-state index contributed by atoms with van der Waals surface area (Å²) in [6, 6.07) is 4.10. The highest BCUT2D eigenvalue weighted by atomic mass is 35.5. The lowest BCUT2D eigenvalue weighted by molar-refractivity contribution is 0.0583. The Morgan fingerprint density at radius 2 is 1.52 bits per heavy atom. The highest BCUT2D eigenvalue weighted by Gasteiger charge is 2.31. The van der Waals surface area contributed by atoms with Gasteiger partial charge in [-0.05, 0) is 18.2 Å². The van der Waals surface area contributed by atoms with Crippen LogP contribution in [-0.2, 0) is 9.47 Å². The number of carbonyl (C=O) groups excluding carboxylic acids is 3. The average molecular weight is 384 g/mol. The predicted octanol–water partition coefficient (Wildman–Crippen LogP) is 2.17. The van der Waals surface area contributed by atoms with Crippen LogP contribution in [0, 0.1) is 0 Å². The van der Waals surface area contributed by atoms with E-state index in [2.05, 4.69) is 19.4 Å². The monoisotopic (exact) mass is 383 g/mol. The summed E-state index contributed by atoms with van der Waals surface area (Å²) in [5, 5.41) is 0.317. The van der Waals surface area contributed by atoms with Gasteiger partial charge >= 0.3 is 11.9 Å². The summed E-state index contributed by atoms with van der Waals surface area (Å²) in [5.41, 5.74) is 4.10. The number of hydrogen-bond acceptors (Lipinski definition) is 8. The fraction of sp³-hybridized carbons (Fsp3) is 0.133. The summed E-state index contributed by atoms with van der Waals surface area (Å²) < 4.78 is 9.18. The number of nitrogens with two attached hydrogens (primary N) is 1. The van der Waals surface area contributed by atoms with Gasteiger partial charge in [0.2, 0.25) is 5.95 Å². The molecule has 2 N–H and O–H groups in total. The Bertz CT molecular complexity index is 848. The van der Waals surface area contributed by atoms with Gasteiger partial charge in [0.05, 0.1) is 24.8 Å². The molecule has 0 amide bonds. The van der Waals surface area contributed by atoms with Crippen LogP contribution in [0.4, 0.5) is 5.95 Å². The first kappa shape index (κ1) is 18.6. The van der Waals surface area contributed by atoms with E-state index in [1.54, 1.807) is 0 Å². The minimum absolute atomic E-state index is 0.0148. The molecular formula is C15H11Cl2N3O5. The number of hydrogen-bond donors (Lipinski definition) is 1. The van der Waals surface area contributed by atoms with Gasteiger partial charge in [0.15, 0.2) is 17.2 Å². The van der Waals surface area contributed by atoms with E-state index in [0.29, 0.717) is 5.02 Å². The smallest absolute Gasteiger partial charge is 0.357 e. The van der Waals surface area contributed by atoms with Crippen molar-refractivity contribution in [1.82, 2.24) is 9.97 Å². The van der Waals surface area contributed by atoms with Crippen molar-refractivity contribution in [3.05, 3.63) is 50.8 Å². The zero-order chi connectivity index (χ0) is 18.7. The number of ketones is 1. The van der Waals surface area contributed by atoms with Gasteiger partial charge in [-0.3, -0.25) is 4.79 Å². The molecule has 2 aromatic rings. The van der Waals surface area contributed by atoms with Crippen molar-refractivity contribution in [2.24, 2.45) is 0 Å². The Balaban J connectivity index is 2.78. The maximum atomic E-state index is 12.9. The predicted molar refractivity (Wildman–Crippen MR) is 89.0 cm³/mol. The number of methoxy groups -OCH3 is 2. The molecule has 25 heavy (non-hydrogen) atoms. The van der Waals surface area contributed by atoms with Crippen LogP contribution in [0.5, 0.6) is 0 Å². The van der Waals surface area contributed by atoms with E-state index in [1.807, 2.05) is 0 Å². The largest absolute Gasteiger partial charge is 0.464 e. The van der Waals surface area contributed by atoms with Crippen LogP contribution >= 0.6 is 23.2 Å². The summed E-state index contributed by atoms with van der Waals surface area (Å²) in [4.78, 5) is 44.3. The Labute approximate surface area is 151 Å². The van der Waals surface area contributed by atoms with Crippen molar-refractivity contribution in [2.45, 2.75) is 0 Å². The lowest BCUT2D eigenvalue weighted by atomic mass is 9.99. The Kier molecular flexibility index (Phi) is 5.55. The molecule has 130 valence electrons. The topological polar surface area (TPSA) is 121 Å². The average Bonchev–Trinajstić information content (AvgIpc) is 2.58. The quantitative estimate of drug-likeness (QED) is 0.629. The fourth-order valence-corrected chi connectivity index (χ4v) is 2.48. The van der Waals surface area contributed by atoms with Crippen molar-refractivity contribution >= 4 is 46.9 Å². The summed E-state index contributed by atoms with van der Waals surface area (Å²) in [5.74, 6) is -3.15. The second-order valence-corrected chi connectivity index (χ2v) is 5.43. The van der Waals surface area contributed by atoms with Gasteiger partial charge in [0, 0.05) is 10.6 Å².